The highest BCUT2D eigenvalue weighted by molar-refractivity contribution is 9.10. The highest BCUT2D eigenvalue weighted by atomic mass is 79.9. The zero-order valence-corrected chi connectivity index (χ0v) is 17.9. The monoisotopic (exact) mass is 438 g/mol. The van der Waals surface area contributed by atoms with Crippen LogP contribution >= 0.6 is 15.9 Å². The Bertz CT molecular complexity index is 915. The normalized spacial score (nSPS) is 18.4. The third-order valence-electron chi connectivity index (χ3n) is 5.47. The summed E-state index contributed by atoms with van der Waals surface area (Å²) in [6.07, 6.45) is 1.09. The molecule has 1 aromatic heterocycles. The second-order valence-corrected chi connectivity index (χ2v) is 8.37. The number of fused-ring (bicyclic) bond motifs is 1. The van der Waals surface area contributed by atoms with E-state index in [0.29, 0.717) is 6.04 Å². The van der Waals surface area contributed by atoms with Gasteiger partial charge in [-0.2, -0.15) is 0 Å². The van der Waals surface area contributed by atoms with Crippen molar-refractivity contribution in [2.75, 3.05) is 45.1 Å². The van der Waals surface area contributed by atoms with E-state index in [1.54, 1.807) is 0 Å². The van der Waals surface area contributed by atoms with E-state index in [4.69, 9.17) is 4.98 Å². The molecule has 1 saturated heterocycles. The van der Waals surface area contributed by atoms with Gasteiger partial charge in [-0.15, -0.1) is 0 Å². The summed E-state index contributed by atoms with van der Waals surface area (Å²) in [5.41, 5.74) is 2.44. The van der Waals surface area contributed by atoms with Crippen LogP contribution in [0.25, 0.3) is 10.9 Å². The van der Waals surface area contributed by atoms with E-state index in [-0.39, 0.29) is 0 Å². The molecular weight excluding hydrogens is 412 g/mol. The topological polar surface area (TPSA) is 31.4 Å². The first-order valence-corrected chi connectivity index (χ1v) is 10.8. The molecule has 146 valence electrons. The van der Waals surface area contributed by atoms with Crippen LogP contribution in [-0.2, 0) is 0 Å². The maximum atomic E-state index is 4.75. The third kappa shape index (κ3) is 4.54. The number of halogens is 1. The van der Waals surface area contributed by atoms with Gasteiger partial charge in [-0.1, -0.05) is 48.5 Å². The highest BCUT2D eigenvalue weighted by Crippen LogP contribution is 2.26. The SMILES string of the molecule is CN1CCN(CCCNc2nc3ccccc3cc2Br)C(c2ccccc2)C1. The molecule has 1 fully saturated rings. The minimum atomic E-state index is 0.477. The smallest absolute Gasteiger partial charge is 0.141 e. The van der Waals surface area contributed by atoms with Crippen molar-refractivity contribution in [2.45, 2.75) is 12.5 Å². The standard InChI is InChI=1S/C23H27BrN4/c1-27-14-15-28(22(17-27)18-8-3-2-4-9-18)13-7-12-25-23-20(24)16-19-10-5-6-11-21(19)26-23/h2-6,8-11,16,22H,7,12-15,17H2,1H3,(H,25,26). The molecule has 1 aliphatic heterocycles. The summed E-state index contributed by atoms with van der Waals surface area (Å²) in [7, 11) is 2.22. The summed E-state index contributed by atoms with van der Waals surface area (Å²) in [6.45, 7) is 5.35. The van der Waals surface area contributed by atoms with E-state index in [0.717, 1.165) is 60.3 Å². The van der Waals surface area contributed by atoms with Crippen molar-refractivity contribution in [1.82, 2.24) is 14.8 Å². The molecule has 1 atom stereocenters. The number of para-hydroxylation sites is 1. The van der Waals surface area contributed by atoms with Gasteiger partial charge in [-0.05, 0) is 47.1 Å². The maximum Gasteiger partial charge on any atom is 0.141 e. The summed E-state index contributed by atoms with van der Waals surface area (Å²) in [6, 6.07) is 21.7. The molecule has 1 unspecified atom stereocenters. The van der Waals surface area contributed by atoms with Gasteiger partial charge in [-0.3, -0.25) is 4.90 Å². The number of likely N-dealkylation sites (N-methyl/N-ethyl adjacent to an activating group) is 1. The van der Waals surface area contributed by atoms with E-state index >= 15 is 0 Å². The molecule has 0 spiro atoms. The largest absolute Gasteiger partial charge is 0.369 e. The fourth-order valence-corrected chi connectivity index (χ4v) is 4.39. The van der Waals surface area contributed by atoms with Crippen LogP contribution in [0.15, 0.2) is 65.1 Å². The second-order valence-electron chi connectivity index (χ2n) is 7.52. The minimum absolute atomic E-state index is 0.477. The fourth-order valence-electron chi connectivity index (χ4n) is 3.92. The van der Waals surface area contributed by atoms with Crippen molar-refractivity contribution in [1.29, 1.82) is 0 Å². The lowest BCUT2D eigenvalue weighted by Gasteiger charge is -2.40. The Morgan fingerprint density at radius 1 is 1.07 bits per heavy atom. The molecule has 1 aliphatic rings. The van der Waals surface area contributed by atoms with E-state index in [9.17, 15) is 0 Å². The summed E-state index contributed by atoms with van der Waals surface area (Å²) in [5.74, 6) is 0.927. The van der Waals surface area contributed by atoms with E-state index in [1.807, 2.05) is 12.1 Å². The van der Waals surface area contributed by atoms with Gasteiger partial charge in [0.1, 0.15) is 5.82 Å². The van der Waals surface area contributed by atoms with Gasteiger partial charge in [0.25, 0.3) is 0 Å². The first-order chi connectivity index (χ1) is 13.7. The van der Waals surface area contributed by atoms with Crippen LogP contribution in [0.5, 0.6) is 0 Å². The van der Waals surface area contributed by atoms with Gasteiger partial charge < -0.3 is 10.2 Å². The van der Waals surface area contributed by atoms with Crippen LogP contribution < -0.4 is 5.32 Å². The van der Waals surface area contributed by atoms with Crippen LogP contribution in [0, 0.1) is 0 Å². The van der Waals surface area contributed by atoms with Gasteiger partial charge in [0, 0.05) is 44.2 Å². The maximum absolute atomic E-state index is 4.75. The number of benzene rings is 2. The average Bonchev–Trinajstić information content (AvgIpc) is 2.73. The Morgan fingerprint density at radius 2 is 1.86 bits per heavy atom. The number of piperazine rings is 1. The fraction of sp³-hybridized carbons (Fsp3) is 0.348. The Morgan fingerprint density at radius 3 is 2.71 bits per heavy atom. The predicted molar refractivity (Wildman–Crippen MR) is 121 cm³/mol. The number of pyridine rings is 1. The molecule has 28 heavy (non-hydrogen) atoms. The van der Waals surface area contributed by atoms with E-state index in [2.05, 4.69) is 86.6 Å². The lowest BCUT2D eigenvalue weighted by Crippen LogP contribution is -2.47. The number of nitrogens with one attached hydrogen (secondary N) is 1. The Labute approximate surface area is 175 Å². The quantitative estimate of drug-likeness (QED) is 0.560. The molecule has 2 heterocycles. The summed E-state index contributed by atoms with van der Waals surface area (Å²) < 4.78 is 1.02. The second kappa shape index (κ2) is 9.03. The van der Waals surface area contributed by atoms with Crippen molar-refractivity contribution < 1.29 is 0 Å². The molecule has 0 aliphatic carbocycles. The zero-order valence-electron chi connectivity index (χ0n) is 16.3. The number of nitrogens with zero attached hydrogens (tertiary/aromatic N) is 3. The zero-order chi connectivity index (χ0) is 19.3. The van der Waals surface area contributed by atoms with Crippen LogP contribution in [0.3, 0.4) is 0 Å². The molecule has 0 saturated carbocycles. The molecular formula is C23H27BrN4. The van der Waals surface area contributed by atoms with E-state index < -0.39 is 0 Å². The predicted octanol–water partition coefficient (Wildman–Crippen LogP) is 4.79. The van der Waals surface area contributed by atoms with Crippen molar-refractivity contribution in [3.63, 3.8) is 0 Å². The van der Waals surface area contributed by atoms with Crippen molar-refractivity contribution in [2.24, 2.45) is 0 Å². The number of aromatic nitrogens is 1. The molecule has 4 rings (SSSR count). The van der Waals surface area contributed by atoms with E-state index in [1.165, 1.54) is 5.56 Å². The summed E-state index contributed by atoms with van der Waals surface area (Å²) in [4.78, 5) is 9.81. The molecule has 1 N–H and O–H groups in total. The Kier molecular flexibility index (Phi) is 6.25. The molecule has 0 radical (unpaired) electrons. The Hall–Kier alpha value is -1.95. The van der Waals surface area contributed by atoms with Gasteiger partial charge in [-0.25, -0.2) is 4.98 Å². The van der Waals surface area contributed by atoms with Crippen molar-refractivity contribution >= 4 is 32.7 Å². The first-order valence-electron chi connectivity index (χ1n) is 9.97. The number of rotatable bonds is 6. The molecule has 2 aromatic carbocycles. The highest BCUT2D eigenvalue weighted by Gasteiger charge is 2.25. The average molecular weight is 439 g/mol. The molecule has 0 bridgehead atoms. The van der Waals surface area contributed by atoms with Crippen LogP contribution in [-0.4, -0.2) is 54.6 Å². The van der Waals surface area contributed by atoms with Crippen LogP contribution in [0.2, 0.25) is 0 Å². The van der Waals surface area contributed by atoms with Crippen LogP contribution in [0.1, 0.15) is 18.0 Å². The number of anilines is 1. The molecule has 4 nitrogen and oxygen atoms in total. The molecule has 0 amide bonds. The summed E-state index contributed by atoms with van der Waals surface area (Å²) >= 11 is 3.65. The van der Waals surface area contributed by atoms with Crippen molar-refractivity contribution in [3.8, 4) is 0 Å². The number of hydrogen-bond donors (Lipinski definition) is 1. The summed E-state index contributed by atoms with van der Waals surface area (Å²) in [5, 5.41) is 4.67. The lowest BCUT2D eigenvalue weighted by atomic mass is 10.0. The lowest BCUT2D eigenvalue weighted by molar-refractivity contribution is 0.0896. The first kappa shape index (κ1) is 19.4. The Balaban J connectivity index is 1.36. The molecule has 5 heteroatoms. The molecule has 3 aromatic rings. The van der Waals surface area contributed by atoms with Gasteiger partial charge in [0.15, 0.2) is 0 Å². The van der Waals surface area contributed by atoms with Crippen LogP contribution in [0.4, 0.5) is 5.82 Å². The van der Waals surface area contributed by atoms with Gasteiger partial charge >= 0.3 is 0 Å². The third-order valence-corrected chi connectivity index (χ3v) is 6.08. The van der Waals surface area contributed by atoms with Crippen molar-refractivity contribution in [3.05, 3.63) is 70.7 Å². The minimum Gasteiger partial charge on any atom is -0.369 e. The number of hydrogen-bond acceptors (Lipinski definition) is 4. The van der Waals surface area contributed by atoms with Gasteiger partial charge in [0.2, 0.25) is 0 Å². The van der Waals surface area contributed by atoms with Gasteiger partial charge in [0.05, 0.1) is 9.99 Å².